The molecule has 6 nitrogen and oxygen atoms in total. The van der Waals surface area contributed by atoms with Crippen molar-refractivity contribution in [1.82, 2.24) is 20.0 Å². The maximum Gasteiger partial charge on any atom is 0.317 e. The molecule has 27 heavy (non-hydrogen) atoms. The summed E-state index contributed by atoms with van der Waals surface area (Å²) in [7, 11) is 0. The molecule has 0 saturated carbocycles. The van der Waals surface area contributed by atoms with Crippen molar-refractivity contribution in [3.8, 4) is 0 Å². The van der Waals surface area contributed by atoms with Crippen LogP contribution in [0.4, 0.5) is 4.79 Å². The van der Waals surface area contributed by atoms with E-state index < -0.39 is 0 Å². The summed E-state index contributed by atoms with van der Waals surface area (Å²) in [4.78, 5) is 20.7. The van der Waals surface area contributed by atoms with Gasteiger partial charge in [0.15, 0.2) is 0 Å². The van der Waals surface area contributed by atoms with Crippen LogP contribution in [0.1, 0.15) is 18.7 Å². The first-order chi connectivity index (χ1) is 13.0. The van der Waals surface area contributed by atoms with Crippen LogP contribution in [0.25, 0.3) is 0 Å². The van der Waals surface area contributed by atoms with Crippen LogP contribution in [-0.2, 0) is 11.3 Å². The molecule has 2 amide bonds. The third-order valence-corrected chi connectivity index (χ3v) is 6.63. The van der Waals surface area contributed by atoms with Gasteiger partial charge < -0.3 is 15.0 Å². The van der Waals surface area contributed by atoms with Crippen molar-refractivity contribution >= 4 is 29.0 Å². The van der Waals surface area contributed by atoms with Gasteiger partial charge >= 0.3 is 6.03 Å². The van der Waals surface area contributed by atoms with Gasteiger partial charge in [-0.2, -0.15) is 0 Å². The van der Waals surface area contributed by atoms with E-state index in [1.165, 1.54) is 4.88 Å². The molecule has 8 heteroatoms. The Morgan fingerprint density at radius 1 is 1.19 bits per heavy atom. The molecule has 1 aromatic heterocycles. The second kappa shape index (κ2) is 10.1. The van der Waals surface area contributed by atoms with E-state index in [-0.39, 0.29) is 6.03 Å². The van der Waals surface area contributed by atoms with Gasteiger partial charge in [0.25, 0.3) is 0 Å². The topological polar surface area (TPSA) is 48.1 Å². The van der Waals surface area contributed by atoms with Crippen LogP contribution in [0.2, 0.25) is 4.34 Å². The Kier molecular flexibility index (Phi) is 7.78. The number of hydrogen-bond acceptors (Lipinski definition) is 5. The van der Waals surface area contributed by atoms with Crippen molar-refractivity contribution in [2.24, 2.45) is 5.92 Å². The first-order valence-electron chi connectivity index (χ1n) is 9.84. The molecule has 1 aromatic rings. The van der Waals surface area contributed by atoms with Crippen LogP contribution >= 0.6 is 22.9 Å². The van der Waals surface area contributed by atoms with E-state index in [0.29, 0.717) is 18.5 Å². The molecule has 0 spiro atoms. The molecule has 0 aliphatic carbocycles. The fraction of sp³-hybridized carbons (Fsp3) is 0.737. The second-order valence-electron chi connectivity index (χ2n) is 7.61. The SMILES string of the molecule is CC(C)[C@H](CNC(=O)N1CCN(Cc2ccc(Cl)s2)CC1)N1CCOCC1. The summed E-state index contributed by atoms with van der Waals surface area (Å²) in [5, 5.41) is 3.17. The molecular weight excluding hydrogens is 384 g/mol. The molecule has 1 atom stereocenters. The fourth-order valence-electron chi connectivity index (χ4n) is 3.77. The molecule has 0 aromatic carbocycles. The average molecular weight is 415 g/mol. The Morgan fingerprint density at radius 2 is 1.89 bits per heavy atom. The number of amides is 2. The van der Waals surface area contributed by atoms with Crippen LogP contribution in [0.5, 0.6) is 0 Å². The summed E-state index contributed by atoms with van der Waals surface area (Å²) < 4.78 is 6.29. The number of morpholine rings is 1. The maximum absolute atomic E-state index is 12.6. The number of urea groups is 1. The van der Waals surface area contributed by atoms with Gasteiger partial charge in [-0.3, -0.25) is 9.80 Å². The highest BCUT2D eigenvalue weighted by Gasteiger charge is 2.26. The second-order valence-corrected chi connectivity index (χ2v) is 9.41. The van der Waals surface area contributed by atoms with Gasteiger partial charge in [-0.05, 0) is 18.1 Å². The van der Waals surface area contributed by atoms with E-state index >= 15 is 0 Å². The summed E-state index contributed by atoms with van der Waals surface area (Å²) >= 11 is 7.64. The lowest BCUT2D eigenvalue weighted by Crippen LogP contribution is -2.55. The lowest BCUT2D eigenvalue weighted by Gasteiger charge is -2.38. The molecule has 2 aliphatic rings. The highest BCUT2D eigenvalue weighted by molar-refractivity contribution is 7.16. The monoisotopic (exact) mass is 414 g/mol. The number of nitrogens with zero attached hydrogens (tertiary/aromatic N) is 3. The molecule has 3 heterocycles. The van der Waals surface area contributed by atoms with Gasteiger partial charge in [0.1, 0.15) is 0 Å². The Balaban J connectivity index is 1.41. The van der Waals surface area contributed by atoms with E-state index in [4.69, 9.17) is 16.3 Å². The van der Waals surface area contributed by atoms with Crippen molar-refractivity contribution in [2.75, 3.05) is 59.0 Å². The minimum absolute atomic E-state index is 0.0627. The molecular formula is C19H31ClN4O2S. The Bertz CT molecular complexity index is 598. The van der Waals surface area contributed by atoms with Crippen LogP contribution in [0.15, 0.2) is 12.1 Å². The van der Waals surface area contributed by atoms with Gasteiger partial charge in [0.2, 0.25) is 0 Å². The highest BCUT2D eigenvalue weighted by atomic mass is 35.5. The number of carbonyl (C=O) groups excluding carboxylic acids is 1. The number of ether oxygens (including phenoxy) is 1. The number of carbonyl (C=O) groups is 1. The summed E-state index contributed by atoms with van der Waals surface area (Å²) in [5.41, 5.74) is 0. The number of nitrogens with one attached hydrogen (secondary N) is 1. The van der Waals surface area contributed by atoms with Gasteiger partial charge in [-0.25, -0.2) is 4.79 Å². The Morgan fingerprint density at radius 3 is 2.48 bits per heavy atom. The predicted molar refractivity (Wildman–Crippen MR) is 111 cm³/mol. The van der Waals surface area contributed by atoms with Crippen molar-refractivity contribution in [3.63, 3.8) is 0 Å². The standard InChI is InChI=1S/C19H31ClN4O2S/c1-15(2)17(23-9-11-26-12-10-23)13-21-19(25)24-7-5-22(6-8-24)14-16-3-4-18(20)27-16/h3-4,15,17H,5-14H2,1-2H3,(H,21,25)/t17-/m0/s1. The molecule has 2 fully saturated rings. The van der Waals surface area contributed by atoms with Crippen molar-refractivity contribution < 1.29 is 9.53 Å². The molecule has 152 valence electrons. The number of rotatable bonds is 6. The van der Waals surface area contributed by atoms with E-state index in [1.807, 2.05) is 11.0 Å². The molecule has 0 radical (unpaired) electrons. The summed E-state index contributed by atoms with van der Waals surface area (Å²) in [5.74, 6) is 0.498. The summed E-state index contributed by atoms with van der Waals surface area (Å²) in [6, 6.07) is 4.46. The van der Waals surface area contributed by atoms with Crippen molar-refractivity contribution in [3.05, 3.63) is 21.3 Å². The van der Waals surface area contributed by atoms with Crippen LogP contribution < -0.4 is 5.32 Å². The normalized spacial score (nSPS) is 20.8. The molecule has 0 bridgehead atoms. The van der Waals surface area contributed by atoms with Crippen molar-refractivity contribution in [2.45, 2.75) is 26.4 Å². The molecule has 2 aliphatic heterocycles. The van der Waals surface area contributed by atoms with Crippen molar-refractivity contribution in [1.29, 1.82) is 0 Å². The lowest BCUT2D eigenvalue weighted by molar-refractivity contribution is 0.00682. The quantitative estimate of drug-likeness (QED) is 0.777. The minimum atomic E-state index is 0.0627. The molecule has 0 unspecified atom stereocenters. The molecule has 3 rings (SSSR count). The van der Waals surface area contributed by atoms with Gasteiger partial charge in [-0.1, -0.05) is 25.4 Å². The smallest absolute Gasteiger partial charge is 0.317 e. The van der Waals surface area contributed by atoms with Gasteiger partial charge in [0.05, 0.1) is 17.6 Å². The minimum Gasteiger partial charge on any atom is -0.379 e. The third-order valence-electron chi connectivity index (χ3n) is 5.41. The first-order valence-corrected chi connectivity index (χ1v) is 11.0. The van der Waals surface area contributed by atoms with Gasteiger partial charge in [0, 0.05) is 63.3 Å². The van der Waals surface area contributed by atoms with E-state index in [0.717, 1.165) is 63.4 Å². The van der Waals surface area contributed by atoms with Crippen LogP contribution in [0.3, 0.4) is 0 Å². The maximum atomic E-state index is 12.6. The number of piperazine rings is 1. The number of halogens is 1. The zero-order valence-corrected chi connectivity index (χ0v) is 17.9. The Hall–Kier alpha value is -0.860. The molecule has 2 saturated heterocycles. The third kappa shape index (κ3) is 6.06. The lowest BCUT2D eigenvalue weighted by atomic mass is 10.0. The fourth-order valence-corrected chi connectivity index (χ4v) is 4.90. The predicted octanol–water partition coefficient (Wildman–Crippen LogP) is 2.59. The highest BCUT2D eigenvalue weighted by Crippen LogP contribution is 2.23. The molecule has 1 N–H and O–H groups in total. The first kappa shape index (κ1) is 20.9. The number of thiophene rings is 1. The number of hydrogen-bond donors (Lipinski definition) is 1. The van der Waals surface area contributed by atoms with Crippen LogP contribution in [-0.4, -0.2) is 85.8 Å². The summed E-state index contributed by atoms with van der Waals surface area (Å²) in [6.07, 6.45) is 0. The van der Waals surface area contributed by atoms with Gasteiger partial charge in [-0.15, -0.1) is 11.3 Å². The van der Waals surface area contributed by atoms with Crippen LogP contribution in [0, 0.1) is 5.92 Å². The van der Waals surface area contributed by atoms with E-state index in [2.05, 4.69) is 35.0 Å². The van der Waals surface area contributed by atoms with E-state index in [9.17, 15) is 4.79 Å². The zero-order valence-electron chi connectivity index (χ0n) is 16.3. The largest absolute Gasteiger partial charge is 0.379 e. The Labute approximate surface area is 171 Å². The summed E-state index contributed by atoms with van der Waals surface area (Å²) in [6.45, 7) is 12.9. The average Bonchev–Trinajstić information content (AvgIpc) is 3.07. The zero-order chi connectivity index (χ0) is 19.2. The van der Waals surface area contributed by atoms with E-state index in [1.54, 1.807) is 11.3 Å².